The maximum atomic E-state index is 13.6. The number of carbonyl (C=O) groups excluding carboxylic acids is 1. The number of alkyl halides is 3. The smallest absolute Gasteiger partial charge is 0.376 e. The maximum absolute atomic E-state index is 13.6. The van der Waals surface area contributed by atoms with Crippen molar-refractivity contribution in [2.75, 3.05) is 10.6 Å². The van der Waals surface area contributed by atoms with Crippen molar-refractivity contribution in [2.45, 2.75) is 12.7 Å². The second-order valence-electron chi connectivity index (χ2n) is 6.46. The molecule has 31 heavy (non-hydrogen) atoms. The first-order chi connectivity index (χ1) is 14.9. The zero-order chi connectivity index (χ0) is 21.8. The number of nitrogens with zero attached hydrogens (tertiary/aromatic N) is 2. The fourth-order valence-electron chi connectivity index (χ4n) is 2.81. The highest BCUT2D eigenvalue weighted by Crippen LogP contribution is 2.37. The molecule has 0 fully saturated rings. The van der Waals surface area contributed by atoms with Gasteiger partial charge in [0, 0.05) is 27.9 Å². The van der Waals surface area contributed by atoms with E-state index in [0.29, 0.717) is 11.4 Å². The number of rotatable bonds is 6. The fraction of sp³-hybridized carbons (Fsp3) is 0.0952. The number of nitrogens with one attached hydrogen (secondary N) is 2. The first-order valence-electron chi connectivity index (χ1n) is 9.07. The molecule has 4 aromatic rings. The van der Waals surface area contributed by atoms with E-state index in [1.165, 1.54) is 23.5 Å². The van der Waals surface area contributed by atoms with E-state index in [1.54, 1.807) is 30.3 Å². The standard InChI is InChI=1S/C21H15F3N4O2S/c22-21(23,24)16-10-15(26-20(29)13-4-2-1-3-5-13)6-7-17(16)25-11-18-27-19(28-30-18)14-8-9-31-12-14/h1-10,12,25H,11H2,(H,26,29). The third-order valence-corrected chi connectivity index (χ3v) is 4.98. The van der Waals surface area contributed by atoms with E-state index in [1.807, 2.05) is 16.8 Å². The van der Waals surface area contributed by atoms with Gasteiger partial charge in [-0.1, -0.05) is 23.4 Å². The van der Waals surface area contributed by atoms with Crippen molar-refractivity contribution < 1.29 is 22.5 Å². The summed E-state index contributed by atoms with van der Waals surface area (Å²) in [5, 5.41) is 12.7. The molecule has 2 heterocycles. The highest BCUT2D eigenvalue weighted by Gasteiger charge is 2.34. The Bertz CT molecular complexity index is 1180. The molecule has 6 nitrogen and oxygen atoms in total. The highest BCUT2D eigenvalue weighted by molar-refractivity contribution is 7.08. The summed E-state index contributed by atoms with van der Waals surface area (Å²) in [5.41, 5.74) is 0.0614. The number of benzene rings is 2. The summed E-state index contributed by atoms with van der Waals surface area (Å²) in [6.07, 6.45) is -4.63. The van der Waals surface area contributed by atoms with Crippen LogP contribution in [0, 0.1) is 0 Å². The average Bonchev–Trinajstić information content (AvgIpc) is 3.44. The highest BCUT2D eigenvalue weighted by atomic mass is 32.1. The second kappa shape index (κ2) is 8.60. The van der Waals surface area contributed by atoms with Gasteiger partial charge < -0.3 is 15.2 Å². The van der Waals surface area contributed by atoms with Crippen molar-refractivity contribution in [3.8, 4) is 11.4 Å². The van der Waals surface area contributed by atoms with Crippen molar-refractivity contribution >= 4 is 28.6 Å². The molecule has 0 atom stereocenters. The molecule has 1 amide bonds. The summed E-state index contributed by atoms with van der Waals surface area (Å²) in [6, 6.07) is 13.6. The molecule has 0 aliphatic carbocycles. The van der Waals surface area contributed by atoms with Crippen molar-refractivity contribution in [3.05, 3.63) is 82.4 Å². The fourth-order valence-corrected chi connectivity index (χ4v) is 3.44. The SMILES string of the molecule is O=C(Nc1ccc(NCc2nc(-c3ccsc3)no2)c(C(F)(F)F)c1)c1ccccc1. The van der Waals surface area contributed by atoms with Crippen LogP contribution in [-0.4, -0.2) is 16.0 Å². The minimum Gasteiger partial charge on any atom is -0.376 e. The number of hydrogen-bond donors (Lipinski definition) is 2. The molecule has 10 heteroatoms. The van der Waals surface area contributed by atoms with E-state index in [4.69, 9.17) is 4.52 Å². The van der Waals surface area contributed by atoms with Crippen LogP contribution in [0.5, 0.6) is 0 Å². The van der Waals surface area contributed by atoms with E-state index >= 15 is 0 Å². The minimum absolute atomic E-state index is 0.0317. The molecule has 2 aromatic heterocycles. The van der Waals surface area contributed by atoms with Crippen LogP contribution in [0.1, 0.15) is 21.8 Å². The summed E-state index contributed by atoms with van der Waals surface area (Å²) in [5.74, 6) is 0.0186. The Morgan fingerprint density at radius 3 is 2.61 bits per heavy atom. The Morgan fingerprint density at radius 2 is 1.90 bits per heavy atom. The van der Waals surface area contributed by atoms with Crippen LogP contribution >= 0.6 is 11.3 Å². The first kappa shape index (κ1) is 20.6. The summed E-state index contributed by atoms with van der Waals surface area (Å²) in [7, 11) is 0. The molecule has 2 aromatic carbocycles. The molecular formula is C21H15F3N4O2S. The van der Waals surface area contributed by atoms with Gasteiger partial charge in [0.25, 0.3) is 5.91 Å². The molecule has 0 saturated heterocycles. The predicted octanol–water partition coefficient (Wildman–Crippen LogP) is 5.68. The Morgan fingerprint density at radius 1 is 1.10 bits per heavy atom. The van der Waals surface area contributed by atoms with Gasteiger partial charge in [-0.15, -0.1) is 0 Å². The lowest BCUT2D eigenvalue weighted by molar-refractivity contribution is -0.136. The molecule has 0 unspecified atom stereocenters. The first-order valence-corrected chi connectivity index (χ1v) is 10.0. The number of thiophene rings is 1. The lowest BCUT2D eigenvalue weighted by atomic mass is 10.1. The van der Waals surface area contributed by atoms with E-state index < -0.39 is 17.6 Å². The Hall–Kier alpha value is -3.66. The predicted molar refractivity (Wildman–Crippen MR) is 111 cm³/mol. The Labute approximate surface area is 178 Å². The normalized spacial score (nSPS) is 11.3. The Kier molecular flexibility index (Phi) is 5.72. The van der Waals surface area contributed by atoms with Crippen LogP contribution < -0.4 is 10.6 Å². The van der Waals surface area contributed by atoms with Crippen LogP contribution in [0.3, 0.4) is 0 Å². The van der Waals surface area contributed by atoms with E-state index in [2.05, 4.69) is 20.8 Å². The monoisotopic (exact) mass is 444 g/mol. The van der Waals surface area contributed by atoms with E-state index in [9.17, 15) is 18.0 Å². The maximum Gasteiger partial charge on any atom is 0.418 e. The molecule has 0 aliphatic rings. The van der Waals surface area contributed by atoms with Crippen LogP contribution in [0.2, 0.25) is 0 Å². The number of halogens is 3. The van der Waals surface area contributed by atoms with Crippen molar-refractivity contribution in [1.29, 1.82) is 0 Å². The number of amides is 1. The van der Waals surface area contributed by atoms with Gasteiger partial charge in [-0.25, -0.2) is 0 Å². The van der Waals surface area contributed by atoms with Gasteiger partial charge in [-0.2, -0.15) is 29.5 Å². The van der Waals surface area contributed by atoms with Crippen LogP contribution in [0.25, 0.3) is 11.4 Å². The number of carbonyl (C=O) groups is 1. The van der Waals surface area contributed by atoms with Gasteiger partial charge in [0.05, 0.1) is 12.1 Å². The van der Waals surface area contributed by atoms with Gasteiger partial charge >= 0.3 is 6.18 Å². The summed E-state index contributed by atoms with van der Waals surface area (Å²) in [6.45, 7) is -0.0874. The molecule has 0 aliphatic heterocycles. The van der Waals surface area contributed by atoms with Crippen LogP contribution in [-0.2, 0) is 12.7 Å². The quantitative estimate of drug-likeness (QED) is 0.400. The molecule has 4 rings (SSSR count). The van der Waals surface area contributed by atoms with E-state index in [0.717, 1.165) is 11.6 Å². The number of hydrogen-bond acceptors (Lipinski definition) is 6. The van der Waals surface area contributed by atoms with Gasteiger partial charge in [0.15, 0.2) is 0 Å². The molecule has 0 bridgehead atoms. The molecule has 2 N–H and O–H groups in total. The van der Waals surface area contributed by atoms with Gasteiger partial charge in [-0.05, 0) is 41.8 Å². The van der Waals surface area contributed by atoms with Crippen LogP contribution in [0.4, 0.5) is 24.5 Å². The molecule has 0 spiro atoms. The zero-order valence-electron chi connectivity index (χ0n) is 15.8. The van der Waals surface area contributed by atoms with E-state index in [-0.39, 0.29) is 23.8 Å². The average molecular weight is 444 g/mol. The third kappa shape index (κ3) is 4.92. The number of aromatic nitrogens is 2. The molecular weight excluding hydrogens is 429 g/mol. The number of anilines is 2. The summed E-state index contributed by atoms with van der Waals surface area (Å²) in [4.78, 5) is 16.4. The second-order valence-corrected chi connectivity index (χ2v) is 7.24. The van der Waals surface area contributed by atoms with Crippen molar-refractivity contribution in [3.63, 3.8) is 0 Å². The summed E-state index contributed by atoms with van der Waals surface area (Å²) < 4.78 is 45.9. The third-order valence-electron chi connectivity index (χ3n) is 4.30. The van der Waals surface area contributed by atoms with Gasteiger partial charge in [0.2, 0.25) is 11.7 Å². The van der Waals surface area contributed by atoms with Crippen LogP contribution in [0.15, 0.2) is 69.9 Å². The molecule has 0 saturated carbocycles. The molecule has 0 radical (unpaired) electrons. The Balaban J connectivity index is 1.50. The van der Waals surface area contributed by atoms with Gasteiger partial charge in [-0.3, -0.25) is 4.79 Å². The zero-order valence-corrected chi connectivity index (χ0v) is 16.6. The molecule has 158 valence electrons. The minimum atomic E-state index is -4.63. The summed E-state index contributed by atoms with van der Waals surface area (Å²) >= 11 is 1.47. The van der Waals surface area contributed by atoms with Gasteiger partial charge in [0.1, 0.15) is 0 Å². The topological polar surface area (TPSA) is 80.0 Å². The largest absolute Gasteiger partial charge is 0.418 e. The lowest BCUT2D eigenvalue weighted by Gasteiger charge is -2.16. The lowest BCUT2D eigenvalue weighted by Crippen LogP contribution is -2.15. The van der Waals surface area contributed by atoms with Crippen molar-refractivity contribution in [2.24, 2.45) is 0 Å². The van der Waals surface area contributed by atoms with Crippen molar-refractivity contribution in [1.82, 2.24) is 10.1 Å².